The standard InChI is InChI=1S/C22H22Cl2N2O2/c1-2-27-21-12-17(14-25-26-18-9-4-3-5-10-18)20(24)13-22(21)28-15-16-8-6-7-11-19(16)23/h3-13,25-26H,2,14-15H2,1H3. The minimum atomic E-state index is 0.337. The second kappa shape index (κ2) is 10.2. The molecule has 6 heteroatoms. The van der Waals surface area contributed by atoms with Crippen molar-refractivity contribution in [2.75, 3.05) is 12.0 Å². The van der Waals surface area contributed by atoms with E-state index in [4.69, 9.17) is 32.7 Å². The highest BCUT2D eigenvalue weighted by Gasteiger charge is 2.12. The molecule has 0 unspecified atom stereocenters. The SMILES string of the molecule is CCOc1cc(CNNc2ccccc2)c(Cl)cc1OCc1ccccc1Cl. The van der Waals surface area contributed by atoms with Gasteiger partial charge in [-0.3, -0.25) is 0 Å². The van der Waals surface area contributed by atoms with Crippen LogP contribution in [0.4, 0.5) is 5.69 Å². The molecule has 3 aromatic rings. The van der Waals surface area contributed by atoms with Gasteiger partial charge in [0.2, 0.25) is 0 Å². The second-order valence-electron chi connectivity index (χ2n) is 6.05. The van der Waals surface area contributed by atoms with Gasteiger partial charge < -0.3 is 14.9 Å². The molecule has 0 spiro atoms. The molecule has 0 aromatic heterocycles. The molecule has 0 radical (unpaired) electrons. The summed E-state index contributed by atoms with van der Waals surface area (Å²) in [5.41, 5.74) is 9.09. The number of anilines is 1. The van der Waals surface area contributed by atoms with Gasteiger partial charge in [0.15, 0.2) is 11.5 Å². The first-order valence-corrected chi connectivity index (χ1v) is 9.78. The van der Waals surface area contributed by atoms with Crippen molar-refractivity contribution in [3.8, 4) is 11.5 Å². The van der Waals surface area contributed by atoms with Gasteiger partial charge in [0.1, 0.15) is 6.61 Å². The largest absolute Gasteiger partial charge is 0.490 e. The summed E-state index contributed by atoms with van der Waals surface area (Å²) in [6.45, 7) is 3.32. The van der Waals surface area contributed by atoms with Crippen LogP contribution in [0.25, 0.3) is 0 Å². The minimum absolute atomic E-state index is 0.337. The van der Waals surface area contributed by atoms with E-state index in [1.54, 1.807) is 6.07 Å². The van der Waals surface area contributed by atoms with Crippen LogP contribution in [0.1, 0.15) is 18.1 Å². The summed E-state index contributed by atoms with van der Waals surface area (Å²) in [6, 6.07) is 21.1. The van der Waals surface area contributed by atoms with Crippen molar-refractivity contribution in [2.45, 2.75) is 20.1 Å². The Labute approximate surface area is 175 Å². The van der Waals surface area contributed by atoms with Gasteiger partial charge in [0.05, 0.1) is 6.61 Å². The van der Waals surface area contributed by atoms with Crippen molar-refractivity contribution in [2.24, 2.45) is 0 Å². The molecule has 0 aliphatic rings. The Morgan fingerprint density at radius 3 is 2.25 bits per heavy atom. The van der Waals surface area contributed by atoms with E-state index in [0.717, 1.165) is 16.8 Å². The van der Waals surface area contributed by atoms with E-state index in [1.165, 1.54) is 0 Å². The van der Waals surface area contributed by atoms with Crippen molar-refractivity contribution in [3.05, 3.63) is 87.9 Å². The molecule has 28 heavy (non-hydrogen) atoms. The Morgan fingerprint density at radius 1 is 0.786 bits per heavy atom. The van der Waals surface area contributed by atoms with Gasteiger partial charge in [-0.25, -0.2) is 5.43 Å². The lowest BCUT2D eigenvalue weighted by atomic mass is 10.2. The highest BCUT2D eigenvalue weighted by molar-refractivity contribution is 6.31. The van der Waals surface area contributed by atoms with E-state index >= 15 is 0 Å². The highest BCUT2D eigenvalue weighted by atomic mass is 35.5. The first-order chi connectivity index (χ1) is 13.7. The van der Waals surface area contributed by atoms with Gasteiger partial charge in [0.25, 0.3) is 0 Å². The van der Waals surface area contributed by atoms with Crippen molar-refractivity contribution in [1.29, 1.82) is 0 Å². The number of para-hydroxylation sites is 1. The molecule has 0 saturated carbocycles. The summed E-state index contributed by atoms with van der Waals surface area (Å²) in [5, 5.41) is 1.26. The number of halogens is 2. The lowest BCUT2D eigenvalue weighted by Crippen LogP contribution is -2.21. The van der Waals surface area contributed by atoms with Crippen molar-refractivity contribution in [1.82, 2.24) is 5.43 Å². The lowest BCUT2D eigenvalue weighted by Gasteiger charge is -2.16. The molecule has 146 valence electrons. The normalized spacial score (nSPS) is 10.5. The molecule has 0 aliphatic heterocycles. The topological polar surface area (TPSA) is 42.5 Å². The molecule has 0 atom stereocenters. The Kier molecular flexibility index (Phi) is 7.43. The molecular weight excluding hydrogens is 395 g/mol. The van der Waals surface area contributed by atoms with Crippen molar-refractivity contribution >= 4 is 28.9 Å². The number of benzene rings is 3. The Morgan fingerprint density at radius 2 is 1.50 bits per heavy atom. The van der Waals surface area contributed by atoms with Gasteiger partial charge in [0, 0.05) is 33.9 Å². The predicted octanol–water partition coefficient (Wildman–Crippen LogP) is 6.09. The van der Waals surface area contributed by atoms with E-state index in [1.807, 2.05) is 67.6 Å². The van der Waals surface area contributed by atoms with Crippen LogP contribution < -0.4 is 20.3 Å². The Bertz CT molecular complexity index is 904. The van der Waals surface area contributed by atoms with Gasteiger partial charge in [-0.1, -0.05) is 59.6 Å². The van der Waals surface area contributed by atoms with Crippen LogP contribution in [0, 0.1) is 0 Å². The maximum absolute atomic E-state index is 6.47. The number of hydrogen-bond acceptors (Lipinski definition) is 4. The van der Waals surface area contributed by atoms with Crippen LogP contribution in [0.2, 0.25) is 10.0 Å². The fourth-order valence-electron chi connectivity index (χ4n) is 2.63. The van der Waals surface area contributed by atoms with E-state index < -0.39 is 0 Å². The maximum Gasteiger partial charge on any atom is 0.163 e. The molecular formula is C22H22Cl2N2O2. The first kappa shape index (κ1) is 20.3. The minimum Gasteiger partial charge on any atom is -0.490 e. The quantitative estimate of drug-likeness (QED) is 0.414. The second-order valence-corrected chi connectivity index (χ2v) is 6.86. The van der Waals surface area contributed by atoms with Crippen LogP contribution in [0.15, 0.2) is 66.7 Å². The molecule has 3 aromatic carbocycles. The zero-order valence-electron chi connectivity index (χ0n) is 15.5. The molecule has 0 saturated heterocycles. The first-order valence-electron chi connectivity index (χ1n) is 9.02. The third-order valence-electron chi connectivity index (χ3n) is 4.04. The summed E-state index contributed by atoms with van der Waals surface area (Å²) >= 11 is 12.7. The van der Waals surface area contributed by atoms with Gasteiger partial charge >= 0.3 is 0 Å². The molecule has 4 nitrogen and oxygen atoms in total. The summed E-state index contributed by atoms with van der Waals surface area (Å²) < 4.78 is 11.7. The molecule has 0 heterocycles. The molecule has 0 aliphatic carbocycles. The lowest BCUT2D eigenvalue weighted by molar-refractivity contribution is 0.269. The van der Waals surface area contributed by atoms with E-state index in [0.29, 0.717) is 41.3 Å². The molecule has 0 fully saturated rings. The number of hydrogen-bond donors (Lipinski definition) is 2. The van der Waals surface area contributed by atoms with Gasteiger partial charge in [-0.15, -0.1) is 0 Å². The van der Waals surface area contributed by atoms with Crippen molar-refractivity contribution in [3.63, 3.8) is 0 Å². The van der Waals surface area contributed by atoms with Crippen molar-refractivity contribution < 1.29 is 9.47 Å². The fraction of sp³-hybridized carbons (Fsp3) is 0.182. The summed E-state index contributed by atoms with van der Waals surface area (Å²) in [6.07, 6.45) is 0. The summed E-state index contributed by atoms with van der Waals surface area (Å²) in [4.78, 5) is 0. The van der Waals surface area contributed by atoms with Crippen LogP contribution in [-0.4, -0.2) is 6.61 Å². The van der Waals surface area contributed by atoms with Crippen LogP contribution in [0.5, 0.6) is 11.5 Å². The average Bonchev–Trinajstić information content (AvgIpc) is 2.71. The Balaban J connectivity index is 1.69. The van der Waals surface area contributed by atoms with Crippen LogP contribution >= 0.6 is 23.2 Å². The molecule has 0 amide bonds. The molecule has 2 N–H and O–H groups in total. The summed E-state index contributed by atoms with van der Waals surface area (Å²) in [5.74, 6) is 1.24. The Hall–Kier alpha value is -2.40. The average molecular weight is 417 g/mol. The maximum atomic E-state index is 6.47. The molecule has 0 bridgehead atoms. The van der Waals surface area contributed by atoms with E-state index in [9.17, 15) is 0 Å². The number of nitrogens with one attached hydrogen (secondary N) is 2. The number of hydrazine groups is 1. The fourth-order valence-corrected chi connectivity index (χ4v) is 3.04. The zero-order chi connectivity index (χ0) is 19.8. The number of rotatable bonds is 9. The molecule has 3 rings (SSSR count). The highest BCUT2D eigenvalue weighted by Crippen LogP contribution is 2.34. The smallest absolute Gasteiger partial charge is 0.163 e. The van der Waals surface area contributed by atoms with E-state index in [2.05, 4.69) is 10.9 Å². The zero-order valence-corrected chi connectivity index (χ0v) is 17.1. The number of ether oxygens (including phenoxy) is 2. The summed E-state index contributed by atoms with van der Waals surface area (Å²) in [7, 11) is 0. The third-order valence-corrected chi connectivity index (χ3v) is 4.76. The monoisotopic (exact) mass is 416 g/mol. The van der Waals surface area contributed by atoms with Gasteiger partial charge in [-0.05, 0) is 36.8 Å². The van der Waals surface area contributed by atoms with E-state index in [-0.39, 0.29) is 0 Å². The third kappa shape index (κ3) is 5.55. The predicted molar refractivity (Wildman–Crippen MR) is 115 cm³/mol. The van der Waals surface area contributed by atoms with Gasteiger partial charge in [-0.2, -0.15) is 0 Å². The van der Waals surface area contributed by atoms with Crippen LogP contribution in [0.3, 0.4) is 0 Å². The van der Waals surface area contributed by atoms with Crippen LogP contribution in [-0.2, 0) is 13.2 Å².